The predicted molar refractivity (Wildman–Crippen MR) is 129 cm³/mol. The number of rotatable bonds is 7. The first-order chi connectivity index (χ1) is 16.5. The molecule has 1 fully saturated rings. The third-order valence-corrected chi connectivity index (χ3v) is 6.05. The molecule has 3 aromatic rings. The fraction of sp³-hybridized carbons (Fsp3) is 0.241. The number of ether oxygens (including phenoxy) is 2. The normalized spacial score (nSPS) is 18.2. The molecule has 4 rings (SSSR count). The molecule has 0 aromatic heterocycles. The van der Waals surface area contributed by atoms with Crippen molar-refractivity contribution < 1.29 is 22.6 Å². The lowest BCUT2D eigenvalue weighted by Gasteiger charge is -2.28. The minimum absolute atomic E-state index is 0.0817. The highest BCUT2D eigenvalue weighted by Crippen LogP contribution is 2.35. The van der Waals surface area contributed by atoms with Crippen LogP contribution in [0.5, 0.6) is 5.75 Å². The molecule has 0 aliphatic carbocycles. The molecule has 34 heavy (non-hydrogen) atoms. The van der Waals surface area contributed by atoms with Gasteiger partial charge in [0.05, 0.1) is 12.7 Å². The summed E-state index contributed by atoms with van der Waals surface area (Å²) in [6.45, 7) is 6.21. The molecule has 0 saturated carbocycles. The third kappa shape index (κ3) is 5.10. The maximum atomic E-state index is 15.0. The first-order valence-corrected chi connectivity index (χ1v) is 11.4. The van der Waals surface area contributed by atoms with Crippen LogP contribution in [-0.4, -0.2) is 13.2 Å². The second kappa shape index (κ2) is 10.7. The maximum absolute atomic E-state index is 15.0. The van der Waals surface area contributed by atoms with E-state index in [1.54, 1.807) is 30.3 Å². The van der Waals surface area contributed by atoms with Gasteiger partial charge in [-0.15, -0.1) is 0 Å². The van der Waals surface area contributed by atoms with Crippen LogP contribution < -0.4 is 4.74 Å². The highest BCUT2D eigenvalue weighted by Gasteiger charge is 2.22. The largest absolute Gasteiger partial charge is 0.486 e. The van der Waals surface area contributed by atoms with Gasteiger partial charge in [-0.05, 0) is 54.7 Å². The van der Waals surface area contributed by atoms with E-state index in [4.69, 9.17) is 9.47 Å². The first kappa shape index (κ1) is 23.8. The van der Waals surface area contributed by atoms with E-state index in [-0.39, 0.29) is 29.8 Å². The van der Waals surface area contributed by atoms with Crippen molar-refractivity contribution in [3.05, 3.63) is 102 Å². The van der Waals surface area contributed by atoms with E-state index in [1.165, 1.54) is 24.3 Å². The van der Waals surface area contributed by atoms with Gasteiger partial charge in [-0.25, -0.2) is 8.78 Å². The molecule has 1 aliphatic heterocycles. The molecule has 1 aliphatic rings. The van der Waals surface area contributed by atoms with E-state index in [0.29, 0.717) is 29.2 Å². The minimum Gasteiger partial charge on any atom is -0.486 e. The molecule has 0 bridgehead atoms. The molecular weight excluding hydrogens is 437 g/mol. The fourth-order valence-corrected chi connectivity index (χ4v) is 4.27. The maximum Gasteiger partial charge on any atom is 0.201 e. The number of benzene rings is 3. The Bertz CT molecular complexity index is 1180. The third-order valence-electron chi connectivity index (χ3n) is 6.05. The first-order valence-electron chi connectivity index (χ1n) is 11.4. The standard InChI is InChI=1S/C29H27F3O2/c1-3-5-19-6-14-26(34-18-19)22-11-12-23(25(30)17-22)20-7-9-21(10-8-20)24-13-15-27(33-16-4-2)29(32)28(24)31/h3-5,7-13,15,17,19,26H,2,6,14,16,18H2,1H3. The number of allylic oxidation sites excluding steroid dienone is 1. The Kier molecular flexibility index (Phi) is 7.53. The van der Waals surface area contributed by atoms with Crippen molar-refractivity contribution in [3.63, 3.8) is 0 Å². The van der Waals surface area contributed by atoms with Crippen LogP contribution in [0.15, 0.2) is 79.4 Å². The van der Waals surface area contributed by atoms with Gasteiger partial charge >= 0.3 is 0 Å². The van der Waals surface area contributed by atoms with Gasteiger partial charge in [0.25, 0.3) is 0 Å². The smallest absolute Gasteiger partial charge is 0.201 e. The van der Waals surface area contributed by atoms with Crippen LogP contribution in [0, 0.1) is 23.4 Å². The highest BCUT2D eigenvalue weighted by molar-refractivity contribution is 5.71. The Morgan fingerprint density at radius 1 is 0.941 bits per heavy atom. The number of hydrogen-bond acceptors (Lipinski definition) is 2. The fourth-order valence-electron chi connectivity index (χ4n) is 4.27. The van der Waals surface area contributed by atoms with Crippen molar-refractivity contribution >= 4 is 0 Å². The van der Waals surface area contributed by atoms with Crippen LogP contribution in [0.25, 0.3) is 22.3 Å². The minimum atomic E-state index is -1.05. The van der Waals surface area contributed by atoms with Crippen LogP contribution in [0.1, 0.15) is 31.4 Å². The molecule has 2 atom stereocenters. The summed E-state index contributed by atoms with van der Waals surface area (Å²) in [6.07, 6.45) is 7.39. The van der Waals surface area contributed by atoms with E-state index in [2.05, 4.69) is 12.7 Å². The Labute approximate surface area is 198 Å². The lowest BCUT2D eigenvalue weighted by Crippen LogP contribution is -2.19. The van der Waals surface area contributed by atoms with Crippen molar-refractivity contribution in [1.82, 2.24) is 0 Å². The lowest BCUT2D eigenvalue weighted by atomic mass is 9.93. The summed E-state index contributed by atoms with van der Waals surface area (Å²) < 4.78 is 55.0. The zero-order valence-corrected chi connectivity index (χ0v) is 19.1. The van der Waals surface area contributed by atoms with Crippen LogP contribution in [0.3, 0.4) is 0 Å². The summed E-state index contributed by atoms with van der Waals surface area (Å²) in [5.74, 6) is -2.14. The van der Waals surface area contributed by atoms with E-state index >= 15 is 0 Å². The Morgan fingerprint density at radius 2 is 1.65 bits per heavy atom. The molecule has 1 heterocycles. The Balaban J connectivity index is 1.51. The summed E-state index contributed by atoms with van der Waals surface area (Å²) in [5.41, 5.74) is 2.51. The molecule has 0 radical (unpaired) electrons. The zero-order valence-electron chi connectivity index (χ0n) is 19.1. The SMILES string of the molecule is C=CCOc1ccc(-c2ccc(-c3ccc(C4CCC(C=CC)CO4)cc3F)cc2)c(F)c1F. The summed E-state index contributed by atoms with van der Waals surface area (Å²) in [4.78, 5) is 0. The second-order valence-corrected chi connectivity index (χ2v) is 8.34. The van der Waals surface area contributed by atoms with Crippen molar-refractivity contribution in [2.24, 2.45) is 5.92 Å². The van der Waals surface area contributed by atoms with E-state index in [1.807, 2.05) is 19.1 Å². The van der Waals surface area contributed by atoms with E-state index in [0.717, 1.165) is 18.4 Å². The van der Waals surface area contributed by atoms with Gasteiger partial charge < -0.3 is 9.47 Å². The zero-order chi connectivity index (χ0) is 24.1. The van der Waals surface area contributed by atoms with Gasteiger partial charge in [-0.3, -0.25) is 0 Å². The number of hydrogen-bond donors (Lipinski definition) is 0. The molecule has 0 spiro atoms. The summed E-state index contributed by atoms with van der Waals surface area (Å²) in [6, 6.07) is 14.7. The van der Waals surface area contributed by atoms with Crippen LogP contribution in [-0.2, 0) is 4.74 Å². The van der Waals surface area contributed by atoms with E-state index in [9.17, 15) is 13.2 Å². The van der Waals surface area contributed by atoms with Gasteiger partial charge in [-0.1, -0.05) is 61.2 Å². The molecule has 1 saturated heterocycles. The summed E-state index contributed by atoms with van der Waals surface area (Å²) >= 11 is 0. The molecule has 5 heteroatoms. The Morgan fingerprint density at radius 3 is 2.26 bits per heavy atom. The predicted octanol–water partition coefficient (Wildman–Crippen LogP) is 8.05. The summed E-state index contributed by atoms with van der Waals surface area (Å²) in [7, 11) is 0. The summed E-state index contributed by atoms with van der Waals surface area (Å²) in [5, 5.41) is 0. The van der Waals surface area contributed by atoms with Crippen LogP contribution in [0.2, 0.25) is 0 Å². The van der Waals surface area contributed by atoms with Gasteiger partial charge in [0.2, 0.25) is 5.82 Å². The monoisotopic (exact) mass is 464 g/mol. The molecule has 176 valence electrons. The van der Waals surface area contributed by atoms with Gasteiger partial charge in [-0.2, -0.15) is 4.39 Å². The number of halogens is 3. The topological polar surface area (TPSA) is 18.5 Å². The molecular formula is C29H27F3O2. The van der Waals surface area contributed by atoms with Crippen LogP contribution >= 0.6 is 0 Å². The molecule has 2 nitrogen and oxygen atoms in total. The average Bonchev–Trinajstić information content (AvgIpc) is 2.86. The van der Waals surface area contributed by atoms with Gasteiger partial charge in [0.15, 0.2) is 11.6 Å². The second-order valence-electron chi connectivity index (χ2n) is 8.34. The molecule has 3 aromatic carbocycles. The Hall–Kier alpha value is -3.31. The quantitative estimate of drug-likeness (QED) is 0.329. The van der Waals surface area contributed by atoms with E-state index < -0.39 is 11.6 Å². The van der Waals surface area contributed by atoms with Crippen molar-refractivity contribution in [2.75, 3.05) is 13.2 Å². The molecule has 0 amide bonds. The van der Waals surface area contributed by atoms with Crippen molar-refractivity contribution in [2.45, 2.75) is 25.9 Å². The molecule has 0 N–H and O–H groups in total. The van der Waals surface area contributed by atoms with Crippen LogP contribution in [0.4, 0.5) is 13.2 Å². The average molecular weight is 465 g/mol. The highest BCUT2D eigenvalue weighted by atomic mass is 19.2. The lowest BCUT2D eigenvalue weighted by molar-refractivity contribution is -0.00538. The van der Waals surface area contributed by atoms with Crippen molar-refractivity contribution in [1.29, 1.82) is 0 Å². The molecule has 2 unspecified atom stereocenters. The van der Waals surface area contributed by atoms with Crippen molar-refractivity contribution in [3.8, 4) is 28.0 Å². The van der Waals surface area contributed by atoms with Gasteiger partial charge in [0.1, 0.15) is 12.4 Å². The van der Waals surface area contributed by atoms with Gasteiger partial charge in [0, 0.05) is 17.0 Å².